The van der Waals surface area contributed by atoms with Gasteiger partial charge in [-0.05, 0) is 30.7 Å². The maximum atomic E-state index is 12.1. The molecule has 8 nitrogen and oxygen atoms in total. The Kier molecular flexibility index (Phi) is 5.51. The molecule has 1 N–H and O–H groups in total. The van der Waals surface area contributed by atoms with E-state index in [4.69, 9.17) is 4.74 Å². The van der Waals surface area contributed by atoms with Gasteiger partial charge in [0.05, 0.1) is 7.11 Å². The Hall–Kier alpha value is -2.90. The van der Waals surface area contributed by atoms with Crippen molar-refractivity contribution in [2.45, 2.75) is 19.8 Å². The summed E-state index contributed by atoms with van der Waals surface area (Å²) in [5.74, 6) is -1.78. The number of imide groups is 2. The van der Waals surface area contributed by atoms with Gasteiger partial charge in [-0.2, -0.15) is 0 Å². The van der Waals surface area contributed by atoms with Crippen molar-refractivity contribution in [1.82, 2.24) is 9.80 Å². The zero-order valence-electron chi connectivity index (χ0n) is 13.6. The van der Waals surface area contributed by atoms with Gasteiger partial charge in [-0.3, -0.25) is 19.3 Å². The third-order valence-electron chi connectivity index (χ3n) is 3.55. The Morgan fingerprint density at radius 1 is 1.08 bits per heavy atom. The number of benzene rings is 1. The predicted octanol–water partition coefficient (Wildman–Crippen LogP) is 1.22. The molecule has 5 amide bonds. The van der Waals surface area contributed by atoms with Gasteiger partial charge >= 0.3 is 17.8 Å². The molecule has 0 saturated carbocycles. The molecular weight excluding hydrogens is 314 g/mol. The Balaban J connectivity index is 1.98. The van der Waals surface area contributed by atoms with Gasteiger partial charge in [0, 0.05) is 12.2 Å². The van der Waals surface area contributed by atoms with E-state index in [1.807, 2.05) is 6.92 Å². The second kappa shape index (κ2) is 7.58. The molecular formula is C16H19N3O5. The molecule has 0 unspecified atom stereocenters. The van der Waals surface area contributed by atoms with Gasteiger partial charge in [-0.15, -0.1) is 0 Å². The van der Waals surface area contributed by atoms with Crippen LogP contribution in [0.3, 0.4) is 0 Å². The number of nitrogens with one attached hydrogen (secondary N) is 1. The summed E-state index contributed by atoms with van der Waals surface area (Å²) < 4.78 is 5.01. The Morgan fingerprint density at radius 2 is 1.71 bits per heavy atom. The summed E-state index contributed by atoms with van der Waals surface area (Å²) in [6.07, 6.45) is 1.39. The topological polar surface area (TPSA) is 96.0 Å². The zero-order chi connectivity index (χ0) is 17.7. The number of amides is 5. The first-order valence-electron chi connectivity index (χ1n) is 7.59. The second-order valence-corrected chi connectivity index (χ2v) is 5.26. The lowest BCUT2D eigenvalue weighted by Crippen LogP contribution is -2.39. The molecule has 0 spiro atoms. The maximum Gasteiger partial charge on any atom is 0.334 e. The highest BCUT2D eigenvalue weighted by Gasteiger charge is 2.44. The van der Waals surface area contributed by atoms with E-state index < -0.39 is 30.3 Å². The smallest absolute Gasteiger partial charge is 0.334 e. The van der Waals surface area contributed by atoms with E-state index in [-0.39, 0.29) is 6.54 Å². The summed E-state index contributed by atoms with van der Waals surface area (Å²) in [6.45, 7) is 1.58. The lowest BCUT2D eigenvalue weighted by atomic mass is 10.3. The van der Waals surface area contributed by atoms with Gasteiger partial charge in [0.1, 0.15) is 12.3 Å². The number of carbonyl (C=O) groups excluding carboxylic acids is 4. The SMILES string of the molecule is CCCCN1C(=O)C(=O)N(CC(=O)Nc2ccc(OC)cc2)C1=O. The number of ether oxygens (including phenoxy) is 1. The largest absolute Gasteiger partial charge is 0.497 e. The number of methoxy groups -OCH3 is 1. The third-order valence-corrected chi connectivity index (χ3v) is 3.55. The molecule has 0 atom stereocenters. The van der Waals surface area contributed by atoms with Crippen LogP contribution in [0.15, 0.2) is 24.3 Å². The fraction of sp³-hybridized carbons (Fsp3) is 0.375. The van der Waals surface area contributed by atoms with Crippen molar-refractivity contribution in [2.24, 2.45) is 0 Å². The standard InChI is InChI=1S/C16H19N3O5/c1-3-4-9-18-14(21)15(22)19(16(18)23)10-13(20)17-11-5-7-12(24-2)8-6-11/h5-8H,3-4,9-10H2,1-2H3,(H,17,20). The van der Waals surface area contributed by atoms with Crippen LogP contribution in [0, 0.1) is 0 Å². The highest BCUT2D eigenvalue weighted by Crippen LogP contribution is 2.16. The fourth-order valence-electron chi connectivity index (χ4n) is 2.22. The van der Waals surface area contributed by atoms with E-state index in [9.17, 15) is 19.2 Å². The maximum absolute atomic E-state index is 12.1. The van der Waals surface area contributed by atoms with Gasteiger partial charge in [-0.25, -0.2) is 9.69 Å². The van der Waals surface area contributed by atoms with Crippen molar-refractivity contribution in [1.29, 1.82) is 0 Å². The highest BCUT2D eigenvalue weighted by molar-refractivity contribution is 6.45. The number of nitrogens with zero attached hydrogens (tertiary/aromatic N) is 2. The Labute approximate surface area is 139 Å². The first-order chi connectivity index (χ1) is 11.5. The zero-order valence-corrected chi connectivity index (χ0v) is 13.6. The van der Waals surface area contributed by atoms with Crippen molar-refractivity contribution in [3.63, 3.8) is 0 Å². The molecule has 0 bridgehead atoms. The molecule has 2 rings (SSSR count). The Bertz CT molecular complexity index is 656. The molecule has 1 aromatic rings. The van der Waals surface area contributed by atoms with Gasteiger partial charge in [0.15, 0.2) is 0 Å². The van der Waals surface area contributed by atoms with Crippen molar-refractivity contribution in [3.8, 4) is 5.75 Å². The van der Waals surface area contributed by atoms with Crippen molar-refractivity contribution < 1.29 is 23.9 Å². The van der Waals surface area contributed by atoms with Crippen molar-refractivity contribution in [3.05, 3.63) is 24.3 Å². The van der Waals surface area contributed by atoms with Gasteiger partial charge in [0.2, 0.25) is 5.91 Å². The van der Waals surface area contributed by atoms with Crippen LogP contribution >= 0.6 is 0 Å². The van der Waals surface area contributed by atoms with Crippen LogP contribution in [0.1, 0.15) is 19.8 Å². The van der Waals surface area contributed by atoms with Crippen molar-refractivity contribution in [2.75, 3.05) is 25.5 Å². The minimum absolute atomic E-state index is 0.177. The minimum atomic E-state index is -0.971. The second-order valence-electron chi connectivity index (χ2n) is 5.26. The molecule has 1 aliphatic heterocycles. The van der Waals surface area contributed by atoms with Crippen LogP contribution in [0.5, 0.6) is 5.75 Å². The lowest BCUT2D eigenvalue weighted by molar-refractivity contribution is -0.143. The minimum Gasteiger partial charge on any atom is -0.497 e. The molecule has 8 heteroatoms. The molecule has 1 heterocycles. The number of rotatable bonds is 7. The van der Waals surface area contributed by atoms with Gasteiger partial charge < -0.3 is 10.1 Å². The summed E-state index contributed by atoms with van der Waals surface area (Å²) in [5, 5.41) is 2.56. The summed E-state index contributed by atoms with van der Waals surface area (Å²) >= 11 is 0. The van der Waals surface area contributed by atoms with E-state index in [0.29, 0.717) is 22.8 Å². The van der Waals surface area contributed by atoms with E-state index in [2.05, 4.69) is 5.32 Å². The van der Waals surface area contributed by atoms with Crippen LogP contribution in [-0.2, 0) is 14.4 Å². The first kappa shape index (κ1) is 17.5. The number of anilines is 1. The summed E-state index contributed by atoms with van der Waals surface area (Å²) in [7, 11) is 1.53. The molecule has 1 saturated heterocycles. The van der Waals surface area contributed by atoms with E-state index in [1.165, 1.54) is 7.11 Å². The number of carbonyl (C=O) groups is 4. The van der Waals surface area contributed by atoms with Crippen molar-refractivity contribution >= 4 is 29.4 Å². The number of hydrogen-bond acceptors (Lipinski definition) is 5. The van der Waals surface area contributed by atoms with E-state index >= 15 is 0 Å². The van der Waals surface area contributed by atoms with E-state index in [1.54, 1.807) is 24.3 Å². The van der Waals surface area contributed by atoms with Crippen LogP contribution < -0.4 is 10.1 Å². The summed E-state index contributed by atoms with van der Waals surface area (Å²) in [5.41, 5.74) is 0.495. The number of hydrogen-bond donors (Lipinski definition) is 1. The third kappa shape index (κ3) is 3.70. The normalized spacial score (nSPS) is 14.3. The average molecular weight is 333 g/mol. The van der Waals surface area contributed by atoms with Crippen LogP contribution in [-0.4, -0.2) is 53.8 Å². The molecule has 0 aliphatic carbocycles. The predicted molar refractivity (Wildman–Crippen MR) is 85.4 cm³/mol. The van der Waals surface area contributed by atoms with Crippen LogP contribution in [0.25, 0.3) is 0 Å². The first-order valence-corrected chi connectivity index (χ1v) is 7.59. The molecule has 128 valence electrons. The van der Waals surface area contributed by atoms with Gasteiger partial charge in [-0.1, -0.05) is 13.3 Å². The molecule has 0 aromatic heterocycles. The van der Waals surface area contributed by atoms with Crippen LogP contribution in [0.2, 0.25) is 0 Å². The summed E-state index contributed by atoms with van der Waals surface area (Å²) in [4.78, 5) is 49.4. The monoisotopic (exact) mass is 333 g/mol. The Morgan fingerprint density at radius 3 is 2.29 bits per heavy atom. The fourth-order valence-corrected chi connectivity index (χ4v) is 2.22. The quantitative estimate of drug-likeness (QED) is 0.598. The van der Waals surface area contributed by atoms with Gasteiger partial charge in [0.25, 0.3) is 0 Å². The molecule has 0 radical (unpaired) electrons. The molecule has 1 aliphatic rings. The lowest BCUT2D eigenvalue weighted by Gasteiger charge is -2.15. The molecule has 1 fully saturated rings. The molecule has 1 aromatic carbocycles. The molecule has 24 heavy (non-hydrogen) atoms. The van der Waals surface area contributed by atoms with Crippen LogP contribution in [0.4, 0.5) is 10.5 Å². The number of urea groups is 1. The number of unbranched alkanes of at least 4 members (excludes halogenated alkanes) is 1. The van der Waals surface area contributed by atoms with E-state index in [0.717, 1.165) is 11.3 Å². The average Bonchev–Trinajstić information content (AvgIpc) is 2.77. The summed E-state index contributed by atoms with van der Waals surface area (Å²) in [6, 6.07) is 5.84. The highest BCUT2D eigenvalue weighted by atomic mass is 16.5.